The van der Waals surface area contributed by atoms with E-state index in [0.717, 1.165) is 0 Å². The second-order valence-electron chi connectivity index (χ2n) is 6.58. The molecule has 0 saturated heterocycles. The number of hydrogen-bond acceptors (Lipinski definition) is 6. The van der Waals surface area contributed by atoms with E-state index in [1.807, 2.05) is 6.92 Å². The van der Waals surface area contributed by atoms with Gasteiger partial charge in [-0.15, -0.1) is 0 Å². The third kappa shape index (κ3) is 5.86. The van der Waals surface area contributed by atoms with Crippen LogP contribution in [0, 0.1) is 11.2 Å². The quantitative estimate of drug-likeness (QED) is 0.657. The van der Waals surface area contributed by atoms with E-state index in [1.165, 1.54) is 19.2 Å². The van der Waals surface area contributed by atoms with Gasteiger partial charge in [0.15, 0.2) is 11.6 Å². The first-order chi connectivity index (χ1) is 12.3. The molecule has 0 aromatic heterocycles. The Morgan fingerprint density at radius 3 is 2.00 bits per heavy atom. The lowest BCUT2D eigenvalue weighted by molar-refractivity contribution is -0.130. The Labute approximate surface area is 152 Å². The molecule has 1 fully saturated rings. The van der Waals surface area contributed by atoms with Crippen LogP contribution in [0.4, 0.5) is 4.39 Å². The Bertz CT molecular complexity index is 579. The van der Waals surface area contributed by atoms with Crippen molar-refractivity contribution in [2.45, 2.75) is 38.5 Å². The van der Waals surface area contributed by atoms with Gasteiger partial charge in [0.25, 0.3) is 0 Å². The van der Waals surface area contributed by atoms with E-state index in [9.17, 15) is 14.0 Å². The van der Waals surface area contributed by atoms with Gasteiger partial charge in [-0.3, -0.25) is 9.59 Å². The Hall–Kier alpha value is -1.83. The Morgan fingerprint density at radius 1 is 1.12 bits per heavy atom. The highest BCUT2D eigenvalue weighted by Crippen LogP contribution is 2.31. The molecule has 1 saturated carbocycles. The van der Waals surface area contributed by atoms with Gasteiger partial charge < -0.3 is 20.1 Å². The average Bonchev–Trinajstić information content (AvgIpc) is 2.64. The maximum Gasteiger partial charge on any atom is 0.165 e. The van der Waals surface area contributed by atoms with Crippen LogP contribution in [-0.4, -0.2) is 53.8 Å². The summed E-state index contributed by atoms with van der Waals surface area (Å²) < 4.78 is 18.3. The van der Waals surface area contributed by atoms with Gasteiger partial charge in [-0.05, 0) is 30.0 Å². The fourth-order valence-corrected chi connectivity index (χ4v) is 2.64. The Balaban J connectivity index is 0.000000321. The minimum absolute atomic E-state index is 0.0230. The molecular formula is C19H27FO6. The molecule has 1 aromatic carbocycles. The van der Waals surface area contributed by atoms with Crippen LogP contribution in [0.3, 0.4) is 0 Å². The number of hydrogen-bond donors (Lipinski definition) is 3. The summed E-state index contributed by atoms with van der Waals surface area (Å²) in [7, 11) is 1.39. The van der Waals surface area contributed by atoms with Crippen molar-refractivity contribution < 1.29 is 34.0 Å². The number of carbonyl (C=O) groups is 2. The maximum absolute atomic E-state index is 13.5. The second-order valence-corrected chi connectivity index (χ2v) is 6.58. The molecule has 2 rings (SSSR count). The fraction of sp³-hybridized carbons (Fsp3) is 0.579. The van der Waals surface area contributed by atoms with Gasteiger partial charge in [0.05, 0.1) is 33.4 Å². The molecule has 0 bridgehead atoms. The number of carbonyl (C=O) groups excluding carboxylic acids is 2. The summed E-state index contributed by atoms with van der Waals surface area (Å²) in [6, 6.07) is 4.57. The van der Waals surface area contributed by atoms with Crippen molar-refractivity contribution in [3.05, 3.63) is 29.6 Å². The summed E-state index contributed by atoms with van der Waals surface area (Å²) in [6.45, 7) is 1.35. The van der Waals surface area contributed by atoms with Gasteiger partial charge in [-0.2, -0.15) is 0 Å². The normalized spacial score (nSPS) is 15.5. The summed E-state index contributed by atoms with van der Waals surface area (Å²) in [4.78, 5) is 22.7. The molecule has 0 spiro atoms. The molecule has 0 amide bonds. The van der Waals surface area contributed by atoms with Gasteiger partial charge in [-0.1, -0.05) is 13.0 Å². The van der Waals surface area contributed by atoms with Crippen molar-refractivity contribution in [1.29, 1.82) is 0 Å². The number of aliphatic hydroxyl groups excluding tert-OH is 3. The molecule has 146 valence electrons. The van der Waals surface area contributed by atoms with Crippen molar-refractivity contribution in [3.63, 3.8) is 0 Å². The first-order valence-corrected chi connectivity index (χ1v) is 8.54. The Kier molecular flexibility index (Phi) is 8.84. The third-order valence-corrected chi connectivity index (χ3v) is 4.75. The first kappa shape index (κ1) is 22.2. The third-order valence-electron chi connectivity index (χ3n) is 4.75. The van der Waals surface area contributed by atoms with E-state index in [2.05, 4.69) is 0 Å². The number of aliphatic hydroxyl groups is 3. The van der Waals surface area contributed by atoms with Gasteiger partial charge in [0, 0.05) is 18.3 Å². The van der Waals surface area contributed by atoms with Crippen LogP contribution in [0.25, 0.3) is 0 Å². The van der Waals surface area contributed by atoms with E-state index < -0.39 is 11.2 Å². The summed E-state index contributed by atoms with van der Waals surface area (Å²) >= 11 is 0. The highest BCUT2D eigenvalue weighted by atomic mass is 19.1. The van der Waals surface area contributed by atoms with Crippen LogP contribution in [0.15, 0.2) is 18.2 Å². The van der Waals surface area contributed by atoms with Gasteiger partial charge >= 0.3 is 0 Å². The van der Waals surface area contributed by atoms with Crippen LogP contribution in [-0.2, 0) is 9.59 Å². The number of ketones is 2. The highest BCUT2D eigenvalue weighted by Gasteiger charge is 2.27. The van der Waals surface area contributed by atoms with Crippen LogP contribution in [0.1, 0.15) is 44.1 Å². The van der Waals surface area contributed by atoms with Crippen molar-refractivity contribution >= 4 is 11.6 Å². The smallest absolute Gasteiger partial charge is 0.165 e. The molecule has 0 atom stereocenters. The number of methoxy groups -OCH3 is 1. The zero-order chi connectivity index (χ0) is 19.7. The molecule has 0 radical (unpaired) electrons. The molecule has 6 nitrogen and oxygen atoms in total. The lowest BCUT2D eigenvalue weighted by Gasteiger charge is -2.24. The lowest BCUT2D eigenvalue weighted by atomic mass is 9.82. The Morgan fingerprint density at radius 2 is 1.65 bits per heavy atom. The molecule has 0 aliphatic heterocycles. The van der Waals surface area contributed by atoms with E-state index in [1.54, 1.807) is 6.07 Å². The highest BCUT2D eigenvalue weighted by molar-refractivity contribution is 6.02. The van der Waals surface area contributed by atoms with Crippen LogP contribution < -0.4 is 4.74 Å². The molecule has 1 aliphatic rings. The molecule has 1 aliphatic carbocycles. The molecule has 3 N–H and O–H groups in total. The van der Waals surface area contributed by atoms with Crippen LogP contribution >= 0.6 is 0 Å². The number of ether oxygens (including phenoxy) is 1. The topological polar surface area (TPSA) is 104 Å². The minimum atomic E-state index is -0.667. The molecule has 1 aromatic rings. The average molecular weight is 370 g/mol. The van der Waals surface area contributed by atoms with E-state index in [4.69, 9.17) is 20.1 Å². The minimum Gasteiger partial charge on any atom is -0.494 e. The van der Waals surface area contributed by atoms with E-state index in [0.29, 0.717) is 24.8 Å². The lowest BCUT2D eigenvalue weighted by Crippen LogP contribution is -2.32. The number of benzene rings is 1. The summed E-state index contributed by atoms with van der Waals surface area (Å²) in [5, 5.41) is 26.0. The van der Waals surface area contributed by atoms with Crippen molar-refractivity contribution in [1.82, 2.24) is 0 Å². The fourth-order valence-electron chi connectivity index (χ4n) is 2.64. The van der Waals surface area contributed by atoms with Crippen molar-refractivity contribution in [2.75, 3.05) is 26.9 Å². The van der Waals surface area contributed by atoms with Crippen molar-refractivity contribution in [3.8, 4) is 5.75 Å². The summed E-state index contributed by atoms with van der Waals surface area (Å²) in [6.07, 6.45) is 1.25. The zero-order valence-electron chi connectivity index (χ0n) is 15.2. The van der Waals surface area contributed by atoms with E-state index >= 15 is 0 Å². The van der Waals surface area contributed by atoms with E-state index in [-0.39, 0.29) is 49.5 Å². The number of Topliss-reactive ketones (excluding diaryl/α,β-unsaturated/α-hetero) is 2. The zero-order valence-corrected chi connectivity index (χ0v) is 15.2. The van der Waals surface area contributed by atoms with Crippen LogP contribution in [0.2, 0.25) is 0 Å². The molecule has 7 heteroatoms. The summed E-state index contributed by atoms with van der Waals surface area (Å²) in [5.41, 5.74) is 0.0182. The standard InChI is InChI=1S/C13H13FO3.C6H14O3/c1-17-13-3-2-8(6-12(13)14)9-4-10(15)7-11(16)5-9;1-2-6(3-7,4-8)5-9/h2-3,6,9H,4-5,7H2,1H3;7-9H,2-5H2,1H3. The molecule has 0 unspecified atom stereocenters. The second kappa shape index (κ2) is 10.4. The number of halogens is 1. The molecule has 26 heavy (non-hydrogen) atoms. The molecular weight excluding hydrogens is 343 g/mol. The van der Waals surface area contributed by atoms with Crippen molar-refractivity contribution in [2.24, 2.45) is 5.41 Å². The monoisotopic (exact) mass is 370 g/mol. The van der Waals surface area contributed by atoms with Gasteiger partial charge in [0.2, 0.25) is 0 Å². The van der Waals surface area contributed by atoms with Crippen LogP contribution in [0.5, 0.6) is 5.75 Å². The molecule has 0 heterocycles. The predicted octanol–water partition coefficient (Wildman–Crippen LogP) is 1.60. The largest absolute Gasteiger partial charge is 0.494 e. The SMILES string of the molecule is CCC(CO)(CO)CO.COc1ccc(C2CC(=O)CC(=O)C2)cc1F. The predicted molar refractivity (Wildman–Crippen MR) is 93.5 cm³/mol. The van der Waals surface area contributed by atoms with Gasteiger partial charge in [0.1, 0.15) is 11.6 Å². The summed E-state index contributed by atoms with van der Waals surface area (Å²) in [5.74, 6) is -0.619. The number of rotatable bonds is 6. The van der Waals surface area contributed by atoms with Gasteiger partial charge in [-0.25, -0.2) is 4.39 Å². The first-order valence-electron chi connectivity index (χ1n) is 8.54. The maximum atomic E-state index is 13.5.